The molecule has 0 radical (unpaired) electrons. The summed E-state index contributed by atoms with van der Waals surface area (Å²) in [6, 6.07) is 29.2. The fourth-order valence-electron chi connectivity index (χ4n) is 5.38. The first kappa shape index (κ1) is 26.8. The summed E-state index contributed by atoms with van der Waals surface area (Å²) in [5.74, 6) is 0.457. The Morgan fingerprint density at radius 3 is 1.68 bits per heavy atom. The molecule has 0 amide bonds. The lowest BCUT2D eigenvalue weighted by Gasteiger charge is -2.33. The molecule has 0 bridgehead atoms. The molecule has 40 heavy (non-hydrogen) atoms. The summed E-state index contributed by atoms with van der Waals surface area (Å²) in [5.41, 5.74) is 4.45. The van der Waals surface area contributed by atoms with Gasteiger partial charge in [-0.1, -0.05) is 73.8 Å². The highest BCUT2D eigenvalue weighted by Gasteiger charge is 2.42. The lowest BCUT2D eigenvalue weighted by atomic mass is 9.69. The van der Waals surface area contributed by atoms with E-state index in [9.17, 15) is 9.59 Å². The Kier molecular flexibility index (Phi) is 7.97. The van der Waals surface area contributed by atoms with Crippen LogP contribution in [0.15, 0.2) is 110 Å². The zero-order valence-corrected chi connectivity index (χ0v) is 22.1. The Labute approximate surface area is 233 Å². The van der Waals surface area contributed by atoms with Crippen molar-refractivity contribution in [1.29, 1.82) is 0 Å². The van der Waals surface area contributed by atoms with E-state index in [4.69, 9.17) is 18.9 Å². The molecule has 202 valence electrons. The molecular weight excluding hydrogens is 504 g/mol. The molecule has 4 aromatic rings. The highest BCUT2D eigenvalue weighted by molar-refractivity contribution is 5.94. The van der Waals surface area contributed by atoms with E-state index in [0.717, 1.165) is 29.7 Å². The van der Waals surface area contributed by atoms with Crippen LogP contribution >= 0.6 is 0 Å². The van der Waals surface area contributed by atoms with E-state index in [0.29, 0.717) is 11.5 Å². The fourth-order valence-corrected chi connectivity index (χ4v) is 5.38. The van der Waals surface area contributed by atoms with E-state index in [1.807, 2.05) is 24.3 Å². The van der Waals surface area contributed by atoms with Gasteiger partial charge in [-0.3, -0.25) is 0 Å². The van der Waals surface area contributed by atoms with Gasteiger partial charge in [-0.05, 0) is 63.7 Å². The van der Waals surface area contributed by atoms with Crippen LogP contribution in [0.4, 0.5) is 0 Å². The summed E-state index contributed by atoms with van der Waals surface area (Å²) >= 11 is 0. The van der Waals surface area contributed by atoms with E-state index in [2.05, 4.69) is 73.8 Å². The second-order valence-electron chi connectivity index (χ2n) is 9.39. The Hall–Kier alpha value is -4.84. The summed E-state index contributed by atoms with van der Waals surface area (Å²) in [5, 5.41) is 2.51. The van der Waals surface area contributed by atoms with Gasteiger partial charge in [0.25, 0.3) is 0 Å². The van der Waals surface area contributed by atoms with Crippen LogP contribution in [-0.4, -0.2) is 38.4 Å². The summed E-state index contributed by atoms with van der Waals surface area (Å²) in [4.78, 5) is 22.5. The zero-order chi connectivity index (χ0) is 28.0. The molecule has 0 N–H and O–H groups in total. The summed E-state index contributed by atoms with van der Waals surface area (Å²) in [6.45, 7) is 7.60. The van der Waals surface area contributed by atoms with Crippen molar-refractivity contribution in [2.24, 2.45) is 0 Å². The van der Waals surface area contributed by atoms with E-state index in [-0.39, 0.29) is 26.4 Å². The van der Waals surface area contributed by atoms with Gasteiger partial charge in [0.05, 0.1) is 0 Å². The van der Waals surface area contributed by atoms with Crippen LogP contribution in [0.5, 0.6) is 11.5 Å². The Balaban J connectivity index is 1.43. The van der Waals surface area contributed by atoms with Crippen molar-refractivity contribution in [3.8, 4) is 11.5 Å². The van der Waals surface area contributed by atoms with Crippen LogP contribution in [0.3, 0.4) is 0 Å². The number of esters is 2. The van der Waals surface area contributed by atoms with E-state index in [1.54, 1.807) is 0 Å². The number of ether oxygens (including phenoxy) is 4. The largest absolute Gasteiger partial charge is 0.490 e. The lowest BCUT2D eigenvalue weighted by Crippen LogP contribution is -2.28. The van der Waals surface area contributed by atoms with E-state index >= 15 is 0 Å². The molecule has 0 saturated carbocycles. The van der Waals surface area contributed by atoms with Crippen molar-refractivity contribution < 1.29 is 28.5 Å². The normalized spacial score (nSPS) is 12.9. The third-order valence-electron chi connectivity index (χ3n) is 7.13. The maximum atomic E-state index is 11.3. The number of rotatable bonds is 12. The minimum absolute atomic E-state index is 0.152. The molecule has 5 rings (SSSR count). The molecule has 0 fully saturated rings. The van der Waals surface area contributed by atoms with Gasteiger partial charge < -0.3 is 18.9 Å². The monoisotopic (exact) mass is 534 g/mol. The first-order valence-electron chi connectivity index (χ1n) is 13.1. The maximum Gasteiger partial charge on any atom is 0.330 e. The lowest BCUT2D eigenvalue weighted by molar-refractivity contribution is -0.139. The Bertz CT molecular complexity index is 1460. The summed E-state index contributed by atoms with van der Waals surface area (Å²) in [6.07, 6.45) is 3.08. The topological polar surface area (TPSA) is 71.1 Å². The fraction of sp³-hybridized carbons (Fsp3) is 0.176. The van der Waals surface area contributed by atoms with Gasteiger partial charge in [0.15, 0.2) is 0 Å². The average Bonchev–Trinajstić information content (AvgIpc) is 3.34. The predicted molar refractivity (Wildman–Crippen MR) is 154 cm³/mol. The first-order valence-corrected chi connectivity index (χ1v) is 13.1. The molecule has 0 atom stereocenters. The first-order chi connectivity index (χ1) is 19.5. The second kappa shape index (κ2) is 11.9. The summed E-state index contributed by atoms with van der Waals surface area (Å²) in [7, 11) is 0. The van der Waals surface area contributed by atoms with Gasteiger partial charge in [-0.25, -0.2) is 9.59 Å². The molecule has 6 nitrogen and oxygen atoms in total. The molecule has 0 spiro atoms. The quantitative estimate of drug-likeness (QED) is 0.127. The van der Waals surface area contributed by atoms with Crippen molar-refractivity contribution in [3.63, 3.8) is 0 Å². The van der Waals surface area contributed by atoms with Gasteiger partial charge in [0, 0.05) is 17.6 Å². The third kappa shape index (κ3) is 5.34. The smallest absolute Gasteiger partial charge is 0.330 e. The van der Waals surface area contributed by atoms with E-state index < -0.39 is 17.4 Å². The van der Waals surface area contributed by atoms with E-state index in [1.165, 1.54) is 21.9 Å². The number of hydrogen-bond acceptors (Lipinski definition) is 6. The molecule has 1 aliphatic carbocycles. The number of hydrogen-bond donors (Lipinski definition) is 0. The molecule has 6 heteroatoms. The predicted octanol–water partition coefficient (Wildman–Crippen LogP) is 5.95. The van der Waals surface area contributed by atoms with Crippen LogP contribution < -0.4 is 9.47 Å². The number of carbonyl (C=O) groups is 2. The molecule has 0 aromatic heterocycles. The molecular formula is C34H30O6. The van der Waals surface area contributed by atoms with Crippen LogP contribution in [0, 0.1) is 0 Å². The van der Waals surface area contributed by atoms with Gasteiger partial charge in [0.2, 0.25) is 0 Å². The molecule has 0 unspecified atom stereocenters. The van der Waals surface area contributed by atoms with Crippen molar-refractivity contribution in [1.82, 2.24) is 0 Å². The van der Waals surface area contributed by atoms with Crippen LogP contribution in [0.1, 0.15) is 22.3 Å². The SMILES string of the molecule is C=CC(=O)OCCOc1ccc(C2(c3ccc(OCCOC(=O)C=C)cc3)Cc3cccc4cccc2c34)cc1. The van der Waals surface area contributed by atoms with Gasteiger partial charge in [-0.2, -0.15) is 0 Å². The van der Waals surface area contributed by atoms with Gasteiger partial charge in [-0.15, -0.1) is 0 Å². The van der Waals surface area contributed by atoms with Crippen LogP contribution in [0.25, 0.3) is 10.8 Å². The Morgan fingerprint density at radius 2 is 1.18 bits per heavy atom. The number of benzene rings is 4. The number of carbonyl (C=O) groups excluding carboxylic acids is 2. The van der Waals surface area contributed by atoms with Crippen molar-refractivity contribution in [3.05, 3.63) is 132 Å². The van der Waals surface area contributed by atoms with Crippen LogP contribution in [0.2, 0.25) is 0 Å². The van der Waals surface area contributed by atoms with Crippen molar-refractivity contribution >= 4 is 22.7 Å². The minimum Gasteiger partial charge on any atom is -0.490 e. The van der Waals surface area contributed by atoms with Crippen LogP contribution in [-0.2, 0) is 30.9 Å². The average molecular weight is 535 g/mol. The molecule has 0 aliphatic heterocycles. The second-order valence-corrected chi connectivity index (χ2v) is 9.39. The maximum absolute atomic E-state index is 11.3. The molecule has 0 saturated heterocycles. The molecule has 4 aromatic carbocycles. The highest BCUT2D eigenvalue weighted by atomic mass is 16.6. The third-order valence-corrected chi connectivity index (χ3v) is 7.13. The van der Waals surface area contributed by atoms with Gasteiger partial charge in [0.1, 0.15) is 37.9 Å². The summed E-state index contributed by atoms with van der Waals surface area (Å²) < 4.78 is 21.6. The molecule has 0 heterocycles. The Morgan fingerprint density at radius 1 is 0.675 bits per heavy atom. The molecule has 1 aliphatic rings. The van der Waals surface area contributed by atoms with Gasteiger partial charge >= 0.3 is 11.9 Å². The zero-order valence-electron chi connectivity index (χ0n) is 22.1. The van der Waals surface area contributed by atoms with Crippen molar-refractivity contribution in [2.75, 3.05) is 26.4 Å². The standard InChI is InChI=1S/C34H30O6/c1-3-31(35)39-21-19-37-28-15-11-26(12-16-28)34(23-25-9-5-7-24-8-6-10-30(34)33(24)25)27-13-17-29(18-14-27)38-20-22-40-32(36)4-2/h3-18H,1-2,19-23H2. The van der Waals surface area contributed by atoms with Crippen molar-refractivity contribution in [2.45, 2.75) is 11.8 Å². The minimum atomic E-state index is -0.469. The highest BCUT2D eigenvalue weighted by Crippen LogP contribution is 2.51.